The molecular weight excluding hydrogens is 274 g/mol. The number of benzene rings is 1. The van der Waals surface area contributed by atoms with Gasteiger partial charge in [-0.3, -0.25) is 4.68 Å². The van der Waals surface area contributed by atoms with Gasteiger partial charge in [0.25, 0.3) is 0 Å². The van der Waals surface area contributed by atoms with Crippen LogP contribution in [0.3, 0.4) is 0 Å². The molecule has 2 rings (SSSR count). The molecule has 4 nitrogen and oxygen atoms in total. The first-order valence-electron chi connectivity index (χ1n) is 6.56. The average Bonchev–Trinajstić information content (AvgIpc) is 2.88. The summed E-state index contributed by atoms with van der Waals surface area (Å²) < 4.78 is 7.18. The smallest absolute Gasteiger partial charge is 0.119 e. The summed E-state index contributed by atoms with van der Waals surface area (Å²) in [5, 5.41) is 7.89. The Hall–Kier alpha value is -1.52. The maximum atomic E-state index is 5.21. The molecule has 0 saturated carbocycles. The lowest BCUT2D eigenvalue weighted by atomic mass is 10.2. The predicted molar refractivity (Wildman–Crippen MR) is 83.4 cm³/mol. The van der Waals surface area contributed by atoms with Crippen molar-refractivity contribution >= 4 is 12.4 Å². The van der Waals surface area contributed by atoms with Crippen LogP contribution in [0.1, 0.15) is 31.1 Å². The minimum absolute atomic E-state index is 0. The summed E-state index contributed by atoms with van der Waals surface area (Å²) in [6.45, 7) is 5.84. The number of rotatable bonds is 6. The molecule has 5 heteroatoms. The third-order valence-corrected chi connectivity index (χ3v) is 2.96. The fourth-order valence-corrected chi connectivity index (χ4v) is 1.88. The standard InChI is InChI=1S/C15H21N3O.ClH/c1-12(2)18-8-7-14(17-18)11-16-10-13-5-4-6-15(9-13)19-3;/h4-9,12,16H,10-11H2,1-3H3;1H. The van der Waals surface area contributed by atoms with E-state index < -0.39 is 0 Å². The lowest BCUT2D eigenvalue weighted by Gasteiger charge is -2.06. The van der Waals surface area contributed by atoms with Crippen molar-refractivity contribution in [3.8, 4) is 5.75 Å². The Labute approximate surface area is 126 Å². The second kappa shape index (κ2) is 7.92. The van der Waals surface area contributed by atoms with Gasteiger partial charge in [-0.15, -0.1) is 12.4 Å². The molecule has 0 saturated heterocycles. The van der Waals surface area contributed by atoms with E-state index in [1.807, 2.05) is 29.1 Å². The molecule has 1 aromatic heterocycles. The van der Waals surface area contributed by atoms with Crippen LogP contribution in [0.2, 0.25) is 0 Å². The van der Waals surface area contributed by atoms with E-state index in [2.05, 4.69) is 36.4 Å². The van der Waals surface area contributed by atoms with Crippen LogP contribution in [-0.2, 0) is 13.1 Å². The Balaban J connectivity index is 0.00000200. The van der Waals surface area contributed by atoms with E-state index in [9.17, 15) is 0 Å². The zero-order valence-electron chi connectivity index (χ0n) is 12.2. The highest BCUT2D eigenvalue weighted by Crippen LogP contribution is 2.12. The van der Waals surface area contributed by atoms with E-state index in [0.717, 1.165) is 24.5 Å². The van der Waals surface area contributed by atoms with Gasteiger partial charge in [-0.25, -0.2) is 0 Å². The van der Waals surface area contributed by atoms with Crippen molar-refractivity contribution in [1.29, 1.82) is 0 Å². The maximum Gasteiger partial charge on any atom is 0.119 e. The van der Waals surface area contributed by atoms with Gasteiger partial charge in [0.05, 0.1) is 12.8 Å². The van der Waals surface area contributed by atoms with Gasteiger partial charge in [0.1, 0.15) is 5.75 Å². The van der Waals surface area contributed by atoms with Crippen LogP contribution in [0, 0.1) is 0 Å². The topological polar surface area (TPSA) is 39.1 Å². The van der Waals surface area contributed by atoms with Gasteiger partial charge in [-0.05, 0) is 37.6 Å². The van der Waals surface area contributed by atoms with Gasteiger partial charge in [0.15, 0.2) is 0 Å². The molecule has 1 heterocycles. The Morgan fingerprint density at radius 2 is 2.05 bits per heavy atom. The minimum atomic E-state index is 0. The molecule has 1 aromatic carbocycles. The molecule has 0 fully saturated rings. The highest BCUT2D eigenvalue weighted by atomic mass is 35.5. The van der Waals surface area contributed by atoms with E-state index in [4.69, 9.17) is 4.74 Å². The number of nitrogens with zero attached hydrogens (tertiary/aromatic N) is 2. The Kier molecular flexibility index (Phi) is 6.55. The fourth-order valence-electron chi connectivity index (χ4n) is 1.88. The van der Waals surface area contributed by atoms with Crippen molar-refractivity contribution in [3.05, 3.63) is 47.8 Å². The molecule has 20 heavy (non-hydrogen) atoms. The molecule has 0 aliphatic heterocycles. The molecule has 0 spiro atoms. The normalized spacial score (nSPS) is 10.4. The van der Waals surface area contributed by atoms with Gasteiger partial charge in [0, 0.05) is 25.3 Å². The maximum absolute atomic E-state index is 5.21. The second-order valence-corrected chi connectivity index (χ2v) is 4.84. The first kappa shape index (κ1) is 16.5. The summed E-state index contributed by atoms with van der Waals surface area (Å²) in [5.41, 5.74) is 2.28. The molecule has 0 amide bonds. The van der Waals surface area contributed by atoms with Crippen LogP contribution < -0.4 is 10.1 Å². The summed E-state index contributed by atoms with van der Waals surface area (Å²) in [7, 11) is 1.69. The zero-order valence-corrected chi connectivity index (χ0v) is 13.0. The number of methoxy groups -OCH3 is 1. The number of hydrogen-bond donors (Lipinski definition) is 1. The Morgan fingerprint density at radius 1 is 1.25 bits per heavy atom. The fraction of sp³-hybridized carbons (Fsp3) is 0.400. The van der Waals surface area contributed by atoms with E-state index in [1.165, 1.54) is 5.56 Å². The summed E-state index contributed by atoms with van der Waals surface area (Å²) in [6, 6.07) is 10.5. The quantitative estimate of drug-likeness (QED) is 0.889. The van der Waals surface area contributed by atoms with Crippen molar-refractivity contribution in [2.75, 3.05) is 7.11 Å². The van der Waals surface area contributed by atoms with Gasteiger partial charge >= 0.3 is 0 Å². The van der Waals surface area contributed by atoms with E-state index in [0.29, 0.717) is 6.04 Å². The summed E-state index contributed by atoms with van der Waals surface area (Å²) in [4.78, 5) is 0. The second-order valence-electron chi connectivity index (χ2n) is 4.84. The van der Waals surface area contributed by atoms with Gasteiger partial charge in [-0.2, -0.15) is 5.10 Å². The van der Waals surface area contributed by atoms with Gasteiger partial charge in [0.2, 0.25) is 0 Å². The molecule has 0 aliphatic rings. The molecule has 110 valence electrons. The van der Waals surface area contributed by atoms with Crippen LogP contribution in [0.25, 0.3) is 0 Å². The minimum Gasteiger partial charge on any atom is -0.497 e. The van der Waals surface area contributed by atoms with Crippen molar-refractivity contribution in [1.82, 2.24) is 15.1 Å². The predicted octanol–water partition coefficient (Wildman–Crippen LogP) is 3.18. The number of nitrogens with one attached hydrogen (secondary N) is 1. The first-order chi connectivity index (χ1) is 9.19. The summed E-state index contributed by atoms with van der Waals surface area (Å²) in [6.07, 6.45) is 2.02. The van der Waals surface area contributed by atoms with Crippen molar-refractivity contribution < 1.29 is 4.74 Å². The van der Waals surface area contributed by atoms with Crippen molar-refractivity contribution in [2.24, 2.45) is 0 Å². The number of halogens is 1. The third kappa shape index (κ3) is 4.54. The number of ether oxygens (including phenoxy) is 1. The lowest BCUT2D eigenvalue weighted by molar-refractivity contribution is 0.414. The van der Waals surface area contributed by atoms with Crippen LogP contribution in [0.4, 0.5) is 0 Å². The van der Waals surface area contributed by atoms with Crippen LogP contribution in [0.5, 0.6) is 5.75 Å². The SMILES string of the molecule is COc1cccc(CNCc2ccn(C(C)C)n2)c1.Cl. The molecule has 0 atom stereocenters. The molecule has 0 bridgehead atoms. The largest absolute Gasteiger partial charge is 0.497 e. The molecule has 0 radical (unpaired) electrons. The van der Waals surface area contributed by atoms with E-state index in [-0.39, 0.29) is 12.4 Å². The first-order valence-corrected chi connectivity index (χ1v) is 6.56. The van der Waals surface area contributed by atoms with Crippen LogP contribution in [-0.4, -0.2) is 16.9 Å². The van der Waals surface area contributed by atoms with Gasteiger partial charge in [-0.1, -0.05) is 12.1 Å². The van der Waals surface area contributed by atoms with Crippen LogP contribution in [0.15, 0.2) is 36.5 Å². The number of aromatic nitrogens is 2. The van der Waals surface area contributed by atoms with E-state index in [1.54, 1.807) is 7.11 Å². The monoisotopic (exact) mass is 295 g/mol. The highest BCUT2D eigenvalue weighted by molar-refractivity contribution is 5.85. The van der Waals surface area contributed by atoms with Crippen molar-refractivity contribution in [3.63, 3.8) is 0 Å². The number of hydrogen-bond acceptors (Lipinski definition) is 3. The Morgan fingerprint density at radius 3 is 2.70 bits per heavy atom. The van der Waals surface area contributed by atoms with Gasteiger partial charge < -0.3 is 10.1 Å². The molecule has 0 unspecified atom stereocenters. The summed E-state index contributed by atoms with van der Waals surface area (Å²) in [5.74, 6) is 0.892. The molecule has 1 N–H and O–H groups in total. The molecule has 2 aromatic rings. The Bertz CT molecular complexity index is 525. The highest BCUT2D eigenvalue weighted by Gasteiger charge is 2.02. The third-order valence-electron chi connectivity index (χ3n) is 2.96. The zero-order chi connectivity index (χ0) is 13.7. The summed E-state index contributed by atoms with van der Waals surface area (Å²) >= 11 is 0. The molecule has 0 aliphatic carbocycles. The average molecular weight is 296 g/mol. The van der Waals surface area contributed by atoms with E-state index >= 15 is 0 Å². The van der Waals surface area contributed by atoms with Crippen molar-refractivity contribution in [2.45, 2.75) is 33.0 Å². The lowest BCUT2D eigenvalue weighted by Crippen LogP contribution is -2.13. The van der Waals surface area contributed by atoms with Crippen LogP contribution >= 0.6 is 12.4 Å². The molecular formula is C15H22ClN3O.